The van der Waals surface area contributed by atoms with Gasteiger partial charge in [0.05, 0.1) is 12.9 Å². The molecule has 0 saturated carbocycles. The maximum atomic E-state index is 11.5. The third-order valence-electron chi connectivity index (χ3n) is 4.65. The Bertz CT molecular complexity index is 714. The predicted molar refractivity (Wildman–Crippen MR) is 115 cm³/mol. The summed E-state index contributed by atoms with van der Waals surface area (Å²) in [5, 5.41) is 3.34. The number of piperazine rings is 1. The molecule has 1 fully saturated rings. The molecule has 8 nitrogen and oxygen atoms in total. The van der Waals surface area contributed by atoms with E-state index < -0.39 is 10.0 Å². The Labute approximate surface area is 169 Å². The third-order valence-corrected chi connectivity index (χ3v) is 6.05. The summed E-state index contributed by atoms with van der Waals surface area (Å²) >= 11 is 0. The van der Waals surface area contributed by atoms with E-state index >= 15 is 0 Å². The van der Waals surface area contributed by atoms with Crippen molar-refractivity contribution in [3.63, 3.8) is 0 Å². The van der Waals surface area contributed by atoms with Gasteiger partial charge in [0.25, 0.3) is 0 Å². The minimum Gasteiger partial charge on any atom is -0.497 e. The molecule has 0 atom stereocenters. The Morgan fingerprint density at radius 3 is 2.39 bits per heavy atom. The molecule has 0 bridgehead atoms. The quantitative estimate of drug-likeness (QED) is 0.360. The lowest BCUT2D eigenvalue weighted by Crippen LogP contribution is -2.52. The van der Waals surface area contributed by atoms with Gasteiger partial charge in [-0.25, -0.2) is 13.1 Å². The van der Waals surface area contributed by atoms with Crippen molar-refractivity contribution in [1.82, 2.24) is 14.9 Å². The van der Waals surface area contributed by atoms with Crippen molar-refractivity contribution in [2.45, 2.75) is 20.3 Å². The van der Waals surface area contributed by atoms with E-state index in [1.807, 2.05) is 12.1 Å². The number of methoxy groups -OCH3 is 1. The topological polar surface area (TPSA) is 86.3 Å². The Morgan fingerprint density at radius 1 is 1.14 bits per heavy atom. The van der Waals surface area contributed by atoms with Crippen LogP contribution in [0.5, 0.6) is 5.75 Å². The molecule has 0 aliphatic carbocycles. The van der Waals surface area contributed by atoms with E-state index in [0.29, 0.717) is 19.5 Å². The molecule has 2 rings (SSSR count). The zero-order chi connectivity index (χ0) is 20.4. The number of sulfonamides is 1. The van der Waals surface area contributed by atoms with Crippen molar-refractivity contribution in [1.29, 1.82) is 0 Å². The van der Waals surface area contributed by atoms with Crippen LogP contribution in [0.25, 0.3) is 0 Å². The van der Waals surface area contributed by atoms with E-state index in [4.69, 9.17) is 4.74 Å². The predicted octanol–water partition coefficient (Wildman–Crippen LogP) is 1.11. The second kappa shape index (κ2) is 11.1. The minimum absolute atomic E-state index is 0.109. The smallest absolute Gasteiger partial charge is 0.211 e. The average molecular weight is 412 g/mol. The van der Waals surface area contributed by atoms with Gasteiger partial charge >= 0.3 is 0 Å². The third kappa shape index (κ3) is 6.87. The van der Waals surface area contributed by atoms with Gasteiger partial charge in [-0.05, 0) is 44.5 Å². The molecule has 0 unspecified atom stereocenters. The number of benzene rings is 1. The van der Waals surface area contributed by atoms with E-state index in [2.05, 4.69) is 43.9 Å². The van der Waals surface area contributed by atoms with E-state index in [1.165, 1.54) is 5.69 Å². The highest BCUT2D eigenvalue weighted by Crippen LogP contribution is 2.20. The number of nitrogens with zero attached hydrogens (tertiary/aromatic N) is 3. The summed E-state index contributed by atoms with van der Waals surface area (Å²) in [6.45, 7) is 9.13. The van der Waals surface area contributed by atoms with Gasteiger partial charge in [0.2, 0.25) is 10.0 Å². The van der Waals surface area contributed by atoms with E-state index in [9.17, 15) is 8.42 Å². The summed E-state index contributed by atoms with van der Waals surface area (Å²) < 4.78 is 30.7. The van der Waals surface area contributed by atoms with E-state index in [-0.39, 0.29) is 5.75 Å². The Kier molecular flexibility index (Phi) is 8.85. The van der Waals surface area contributed by atoms with Crippen LogP contribution in [0.2, 0.25) is 0 Å². The number of rotatable bonds is 9. The number of nitrogens with one attached hydrogen (secondary N) is 2. The lowest BCUT2D eigenvalue weighted by molar-refractivity contribution is 0.372. The number of anilines is 1. The van der Waals surface area contributed by atoms with Crippen molar-refractivity contribution in [2.75, 3.05) is 63.6 Å². The lowest BCUT2D eigenvalue weighted by atomic mass is 10.2. The highest BCUT2D eigenvalue weighted by molar-refractivity contribution is 7.89. The fourth-order valence-corrected chi connectivity index (χ4v) is 3.65. The number of guanidine groups is 1. The summed E-state index contributed by atoms with van der Waals surface area (Å²) in [5.41, 5.74) is 1.20. The second-order valence-electron chi connectivity index (χ2n) is 6.56. The van der Waals surface area contributed by atoms with Crippen molar-refractivity contribution < 1.29 is 13.2 Å². The first-order valence-corrected chi connectivity index (χ1v) is 11.5. The summed E-state index contributed by atoms with van der Waals surface area (Å²) in [6, 6.07) is 8.15. The molecule has 0 aromatic heterocycles. The molecule has 1 aromatic rings. The van der Waals surface area contributed by atoms with Crippen LogP contribution in [0, 0.1) is 0 Å². The van der Waals surface area contributed by atoms with Crippen LogP contribution >= 0.6 is 0 Å². The van der Waals surface area contributed by atoms with Crippen LogP contribution in [0.1, 0.15) is 20.3 Å². The number of hydrogen-bond acceptors (Lipinski definition) is 5. The van der Waals surface area contributed by atoms with E-state index in [0.717, 1.165) is 44.4 Å². The molecule has 0 amide bonds. The van der Waals surface area contributed by atoms with Gasteiger partial charge in [0.1, 0.15) is 5.75 Å². The molecule has 1 saturated heterocycles. The monoisotopic (exact) mass is 411 g/mol. The first-order chi connectivity index (χ1) is 13.5. The van der Waals surface area contributed by atoms with Gasteiger partial charge in [-0.15, -0.1) is 0 Å². The molecule has 9 heteroatoms. The summed E-state index contributed by atoms with van der Waals surface area (Å²) in [4.78, 5) is 9.29. The van der Waals surface area contributed by atoms with Gasteiger partial charge in [0, 0.05) is 51.5 Å². The molecular formula is C19H33N5O3S. The zero-order valence-electron chi connectivity index (χ0n) is 17.1. The fraction of sp³-hybridized carbons (Fsp3) is 0.632. The van der Waals surface area contributed by atoms with Gasteiger partial charge in [-0.3, -0.25) is 4.99 Å². The first-order valence-electron chi connectivity index (χ1n) is 9.88. The van der Waals surface area contributed by atoms with Gasteiger partial charge in [-0.2, -0.15) is 0 Å². The van der Waals surface area contributed by atoms with Gasteiger partial charge in [-0.1, -0.05) is 0 Å². The standard InChI is InChI=1S/C19H33N5O3S/c1-4-20-19(21-11-6-12-22-28(25,26)5-2)24-15-13-23(14-16-24)17-7-9-18(27-3)10-8-17/h7-10,22H,4-6,11-16H2,1-3H3,(H,20,21). The minimum atomic E-state index is -3.13. The van der Waals surface area contributed by atoms with E-state index in [1.54, 1.807) is 14.0 Å². The molecule has 0 radical (unpaired) electrons. The molecule has 1 aliphatic heterocycles. The van der Waals surface area contributed by atoms with Crippen molar-refractivity contribution in [3.05, 3.63) is 24.3 Å². The number of hydrogen-bond donors (Lipinski definition) is 2. The second-order valence-corrected chi connectivity index (χ2v) is 8.65. The van der Waals surface area contributed by atoms with Crippen LogP contribution in [0.3, 0.4) is 0 Å². The number of ether oxygens (including phenoxy) is 1. The highest BCUT2D eigenvalue weighted by atomic mass is 32.2. The molecule has 1 aliphatic rings. The molecule has 0 spiro atoms. The van der Waals surface area contributed by atoms with Crippen molar-refractivity contribution in [2.24, 2.45) is 4.99 Å². The van der Waals surface area contributed by atoms with Gasteiger partial charge in [0.15, 0.2) is 5.96 Å². The van der Waals surface area contributed by atoms with Crippen LogP contribution in [0.15, 0.2) is 29.3 Å². The first kappa shape index (κ1) is 22.3. The van der Waals surface area contributed by atoms with Gasteiger partial charge < -0.3 is 19.9 Å². The summed E-state index contributed by atoms with van der Waals surface area (Å²) in [5.74, 6) is 1.87. The molecule has 1 aromatic carbocycles. The molecule has 158 valence electrons. The van der Waals surface area contributed by atoms with Crippen LogP contribution in [0.4, 0.5) is 5.69 Å². The number of aliphatic imine (C=N–C) groups is 1. The molecule has 1 heterocycles. The van der Waals surface area contributed by atoms with Crippen LogP contribution in [-0.2, 0) is 10.0 Å². The lowest BCUT2D eigenvalue weighted by Gasteiger charge is -2.37. The summed E-state index contributed by atoms with van der Waals surface area (Å²) in [7, 11) is -1.45. The normalized spacial score (nSPS) is 15.6. The zero-order valence-corrected chi connectivity index (χ0v) is 18.0. The maximum Gasteiger partial charge on any atom is 0.211 e. The fourth-order valence-electron chi connectivity index (χ4n) is 2.99. The summed E-state index contributed by atoms with van der Waals surface area (Å²) in [6.07, 6.45) is 0.680. The SMILES string of the molecule is CCNC(=NCCCNS(=O)(=O)CC)N1CCN(c2ccc(OC)cc2)CC1. The molecular weight excluding hydrogens is 378 g/mol. The molecule has 2 N–H and O–H groups in total. The Hall–Kier alpha value is -2.00. The molecule has 28 heavy (non-hydrogen) atoms. The highest BCUT2D eigenvalue weighted by Gasteiger charge is 2.19. The van der Waals surface area contributed by atoms with Crippen LogP contribution < -0.4 is 19.7 Å². The van der Waals surface area contributed by atoms with Crippen LogP contribution in [-0.4, -0.2) is 78.0 Å². The Balaban J connectivity index is 1.83. The Morgan fingerprint density at radius 2 is 1.82 bits per heavy atom. The average Bonchev–Trinajstić information content (AvgIpc) is 2.73. The van der Waals surface area contributed by atoms with Crippen molar-refractivity contribution >= 4 is 21.7 Å². The van der Waals surface area contributed by atoms with Crippen molar-refractivity contribution in [3.8, 4) is 5.75 Å². The largest absolute Gasteiger partial charge is 0.497 e. The maximum absolute atomic E-state index is 11.5.